The largest absolute Gasteiger partial charge is 0.357 e. The number of hydrogen-bond donors (Lipinski definition) is 1. The van der Waals surface area contributed by atoms with Crippen LogP contribution in [0.3, 0.4) is 0 Å². The number of rotatable bonds is 7. The average molecular weight is 427 g/mol. The van der Waals surface area contributed by atoms with E-state index in [9.17, 15) is 13.2 Å². The molecular formula is C17H22N4O3S3. The number of nitrogens with zero attached hydrogens (tertiary/aromatic N) is 3. The standard InChI is InChI=1S/C17H22N4O3S3/c1-10-7-14(11(2)21(10)13-5-6-27(23,24)9-13)15(22)8-25-17-20-19-16(26-17)18-12-3-4-12/h7,12-13H,3-6,8-9H2,1-2H3,(H,18,19). The molecule has 0 radical (unpaired) electrons. The Kier molecular flexibility index (Phi) is 5.06. The normalized spacial score (nSPS) is 21.5. The number of Topliss-reactive ketones (excluding diaryl/α,β-unsaturated/α-hetero) is 1. The van der Waals surface area contributed by atoms with Gasteiger partial charge in [-0.3, -0.25) is 4.79 Å². The van der Waals surface area contributed by atoms with Gasteiger partial charge >= 0.3 is 0 Å². The molecule has 2 aromatic rings. The second-order valence-electron chi connectivity index (χ2n) is 7.22. The van der Waals surface area contributed by atoms with Gasteiger partial charge < -0.3 is 9.88 Å². The van der Waals surface area contributed by atoms with Crippen molar-refractivity contribution in [2.45, 2.75) is 49.5 Å². The van der Waals surface area contributed by atoms with E-state index in [2.05, 4.69) is 15.5 Å². The summed E-state index contributed by atoms with van der Waals surface area (Å²) >= 11 is 2.87. The van der Waals surface area contributed by atoms with E-state index < -0.39 is 9.84 Å². The summed E-state index contributed by atoms with van der Waals surface area (Å²) in [5.74, 6) is 0.716. The molecular weight excluding hydrogens is 404 g/mol. The number of thioether (sulfide) groups is 1. The molecule has 3 heterocycles. The number of aromatic nitrogens is 3. The van der Waals surface area contributed by atoms with Gasteiger partial charge in [0.15, 0.2) is 20.0 Å². The molecule has 4 rings (SSSR count). The highest BCUT2D eigenvalue weighted by Crippen LogP contribution is 2.32. The molecule has 0 amide bonds. The predicted molar refractivity (Wildman–Crippen MR) is 108 cm³/mol. The van der Waals surface area contributed by atoms with Crippen molar-refractivity contribution in [1.29, 1.82) is 0 Å². The first-order valence-electron chi connectivity index (χ1n) is 8.97. The van der Waals surface area contributed by atoms with Crippen LogP contribution in [-0.4, -0.2) is 52.3 Å². The number of anilines is 1. The van der Waals surface area contributed by atoms with Crippen LogP contribution in [0.5, 0.6) is 0 Å². The fraction of sp³-hybridized carbons (Fsp3) is 0.588. The molecule has 2 aliphatic rings. The summed E-state index contributed by atoms with van der Waals surface area (Å²) in [5.41, 5.74) is 2.47. The first-order chi connectivity index (χ1) is 12.8. The fourth-order valence-corrected chi connectivity index (χ4v) is 6.95. The molecule has 1 saturated heterocycles. The fourth-order valence-electron chi connectivity index (χ4n) is 3.53. The van der Waals surface area contributed by atoms with E-state index >= 15 is 0 Å². The lowest BCUT2D eigenvalue weighted by molar-refractivity contribution is 0.102. The zero-order valence-electron chi connectivity index (χ0n) is 15.3. The second-order valence-corrected chi connectivity index (χ2v) is 11.6. The maximum Gasteiger partial charge on any atom is 0.206 e. The van der Waals surface area contributed by atoms with Crippen molar-refractivity contribution in [3.63, 3.8) is 0 Å². The molecule has 1 aliphatic heterocycles. The van der Waals surface area contributed by atoms with Gasteiger partial charge in [0.05, 0.1) is 17.3 Å². The molecule has 0 bridgehead atoms. The number of sulfone groups is 1. The molecule has 7 nitrogen and oxygen atoms in total. The van der Waals surface area contributed by atoms with Gasteiger partial charge in [0, 0.05) is 29.0 Å². The SMILES string of the molecule is Cc1cc(C(=O)CSc2nnc(NC3CC3)s2)c(C)n1C1CCS(=O)(=O)C1. The smallest absolute Gasteiger partial charge is 0.206 e. The lowest BCUT2D eigenvalue weighted by atomic mass is 10.2. The van der Waals surface area contributed by atoms with Crippen molar-refractivity contribution in [2.75, 3.05) is 22.6 Å². The van der Waals surface area contributed by atoms with E-state index in [1.807, 2.05) is 24.5 Å². The van der Waals surface area contributed by atoms with Gasteiger partial charge in [0.2, 0.25) is 5.13 Å². The Bertz CT molecular complexity index is 976. The minimum atomic E-state index is -2.97. The van der Waals surface area contributed by atoms with Gasteiger partial charge in [-0.25, -0.2) is 8.42 Å². The zero-order valence-corrected chi connectivity index (χ0v) is 17.7. The highest BCUT2D eigenvalue weighted by molar-refractivity contribution is 8.01. The third-order valence-corrected chi connectivity index (χ3v) is 8.73. The Hall–Kier alpha value is -1.39. The van der Waals surface area contributed by atoms with E-state index in [-0.39, 0.29) is 23.3 Å². The average Bonchev–Trinajstić information content (AvgIpc) is 3.05. The summed E-state index contributed by atoms with van der Waals surface area (Å²) in [5, 5.41) is 12.4. The van der Waals surface area contributed by atoms with Crippen LogP contribution in [0, 0.1) is 13.8 Å². The van der Waals surface area contributed by atoms with Crippen molar-refractivity contribution >= 4 is 43.9 Å². The zero-order chi connectivity index (χ0) is 19.2. The van der Waals surface area contributed by atoms with Crippen LogP contribution in [0.4, 0.5) is 5.13 Å². The molecule has 1 saturated carbocycles. The van der Waals surface area contributed by atoms with Crippen molar-refractivity contribution in [2.24, 2.45) is 0 Å². The van der Waals surface area contributed by atoms with Gasteiger partial charge in [0.1, 0.15) is 0 Å². The Morgan fingerprint density at radius 1 is 1.33 bits per heavy atom. The summed E-state index contributed by atoms with van der Waals surface area (Å²) in [6, 6.07) is 2.34. The van der Waals surface area contributed by atoms with Gasteiger partial charge in [-0.2, -0.15) is 0 Å². The van der Waals surface area contributed by atoms with Crippen molar-refractivity contribution in [3.05, 3.63) is 23.0 Å². The Labute approximate surface area is 166 Å². The number of nitrogens with one attached hydrogen (secondary N) is 1. The number of hydrogen-bond acceptors (Lipinski definition) is 8. The molecule has 1 aliphatic carbocycles. The van der Waals surface area contributed by atoms with Crippen molar-refractivity contribution in [1.82, 2.24) is 14.8 Å². The number of ketones is 1. The van der Waals surface area contributed by atoms with Gasteiger partial charge in [0.25, 0.3) is 0 Å². The molecule has 1 atom stereocenters. The van der Waals surface area contributed by atoms with Gasteiger partial charge in [-0.1, -0.05) is 23.1 Å². The Balaban J connectivity index is 1.42. The van der Waals surface area contributed by atoms with Gasteiger partial charge in [-0.15, -0.1) is 10.2 Å². The summed E-state index contributed by atoms with van der Waals surface area (Å²) in [6.07, 6.45) is 2.97. The van der Waals surface area contributed by atoms with Crippen LogP contribution in [-0.2, 0) is 9.84 Å². The van der Waals surface area contributed by atoms with Crippen LogP contribution in [0.25, 0.3) is 0 Å². The molecule has 0 spiro atoms. The maximum absolute atomic E-state index is 12.7. The summed E-state index contributed by atoms with van der Waals surface area (Å²) in [4.78, 5) is 12.7. The van der Waals surface area contributed by atoms with Crippen LogP contribution in [0.2, 0.25) is 0 Å². The molecule has 10 heteroatoms. The summed E-state index contributed by atoms with van der Waals surface area (Å²) in [7, 11) is -2.97. The molecule has 0 aromatic carbocycles. The van der Waals surface area contributed by atoms with Crippen LogP contribution in [0.1, 0.15) is 47.1 Å². The van der Waals surface area contributed by atoms with Crippen LogP contribution in [0.15, 0.2) is 10.4 Å². The number of carbonyl (C=O) groups is 1. The van der Waals surface area contributed by atoms with E-state index in [1.165, 1.54) is 35.9 Å². The van der Waals surface area contributed by atoms with E-state index in [0.717, 1.165) is 20.9 Å². The molecule has 2 aromatic heterocycles. The van der Waals surface area contributed by atoms with Gasteiger partial charge in [-0.05, 0) is 39.2 Å². The Morgan fingerprint density at radius 3 is 2.78 bits per heavy atom. The monoisotopic (exact) mass is 426 g/mol. The minimum absolute atomic E-state index is 0.0344. The van der Waals surface area contributed by atoms with E-state index in [4.69, 9.17) is 0 Å². The number of aryl methyl sites for hydroxylation is 1. The lowest BCUT2D eigenvalue weighted by Gasteiger charge is -2.16. The molecule has 2 fully saturated rings. The topological polar surface area (TPSA) is 93.9 Å². The third kappa shape index (κ3) is 4.22. The highest BCUT2D eigenvalue weighted by atomic mass is 32.2. The van der Waals surface area contributed by atoms with E-state index in [1.54, 1.807) is 0 Å². The second kappa shape index (κ2) is 7.21. The lowest BCUT2D eigenvalue weighted by Crippen LogP contribution is -2.14. The maximum atomic E-state index is 12.7. The first-order valence-corrected chi connectivity index (χ1v) is 12.6. The van der Waals surface area contributed by atoms with Crippen molar-refractivity contribution < 1.29 is 13.2 Å². The highest BCUT2D eigenvalue weighted by Gasteiger charge is 2.31. The van der Waals surface area contributed by atoms with Crippen LogP contribution >= 0.6 is 23.1 Å². The van der Waals surface area contributed by atoms with E-state index in [0.29, 0.717) is 23.8 Å². The summed E-state index contributed by atoms with van der Waals surface area (Å²) in [6.45, 7) is 3.83. The van der Waals surface area contributed by atoms with Crippen molar-refractivity contribution in [3.8, 4) is 0 Å². The summed E-state index contributed by atoms with van der Waals surface area (Å²) < 4.78 is 26.4. The van der Waals surface area contributed by atoms with Crippen LogP contribution < -0.4 is 5.32 Å². The Morgan fingerprint density at radius 2 is 2.11 bits per heavy atom. The molecule has 146 valence electrons. The molecule has 1 unspecified atom stereocenters. The number of carbonyl (C=O) groups excluding carboxylic acids is 1. The molecule has 27 heavy (non-hydrogen) atoms. The molecule has 1 N–H and O–H groups in total. The third-order valence-electron chi connectivity index (χ3n) is 5.00. The minimum Gasteiger partial charge on any atom is -0.357 e. The predicted octanol–water partition coefficient (Wildman–Crippen LogP) is 2.87. The first kappa shape index (κ1) is 18.9. The quantitative estimate of drug-likeness (QED) is 0.537.